The molecule has 102 valence electrons. The zero-order valence-electron chi connectivity index (χ0n) is 11.0. The molecule has 1 heterocycles. The van der Waals surface area contributed by atoms with E-state index in [1.807, 2.05) is 13.8 Å². The molecule has 1 aliphatic heterocycles. The topological polar surface area (TPSA) is 46.6 Å². The third-order valence-corrected chi connectivity index (χ3v) is 3.51. The molecular formula is C14H16ClNO3. The van der Waals surface area contributed by atoms with Gasteiger partial charge in [-0.05, 0) is 37.6 Å². The molecule has 5 heteroatoms. The fourth-order valence-corrected chi connectivity index (χ4v) is 2.38. The quantitative estimate of drug-likeness (QED) is 0.631. The molecule has 1 aromatic carbocycles. The molecular weight excluding hydrogens is 266 g/mol. The van der Waals surface area contributed by atoms with Gasteiger partial charge in [0.2, 0.25) is 5.91 Å². The van der Waals surface area contributed by atoms with Crippen molar-refractivity contribution in [1.29, 1.82) is 0 Å². The molecule has 0 aromatic heterocycles. The summed E-state index contributed by atoms with van der Waals surface area (Å²) in [5, 5.41) is 0.602. The number of esters is 1. The molecule has 1 aliphatic rings. The van der Waals surface area contributed by atoms with Crippen molar-refractivity contribution in [3.8, 4) is 5.75 Å². The largest absolute Gasteiger partial charge is 0.426 e. The van der Waals surface area contributed by atoms with Gasteiger partial charge in [0.25, 0.3) is 0 Å². The molecule has 0 aliphatic carbocycles. The van der Waals surface area contributed by atoms with Crippen molar-refractivity contribution in [3.63, 3.8) is 0 Å². The van der Waals surface area contributed by atoms with E-state index in [1.165, 1.54) is 0 Å². The van der Waals surface area contributed by atoms with Crippen LogP contribution in [0.4, 0.5) is 0 Å². The number of amides is 1. The second kappa shape index (κ2) is 5.61. The van der Waals surface area contributed by atoms with Crippen LogP contribution in [-0.2, 0) is 9.59 Å². The Hall–Kier alpha value is -1.55. The highest BCUT2D eigenvalue weighted by atomic mass is 35.5. The maximum Gasteiger partial charge on any atom is 0.316 e. The number of benzene rings is 1. The lowest BCUT2D eigenvalue weighted by molar-refractivity contribution is -0.139. The summed E-state index contributed by atoms with van der Waals surface area (Å²) in [5.41, 5.74) is 0.803. The normalized spacial score (nSPS) is 18.8. The minimum Gasteiger partial charge on any atom is -0.426 e. The van der Waals surface area contributed by atoms with E-state index in [9.17, 15) is 9.59 Å². The average Bonchev–Trinajstić information content (AvgIpc) is 2.74. The van der Waals surface area contributed by atoms with Crippen LogP contribution in [0.15, 0.2) is 18.2 Å². The first-order valence-electron chi connectivity index (χ1n) is 6.27. The van der Waals surface area contributed by atoms with E-state index in [4.69, 9.17) is 16.3 Å². The number of hydrogen-bond donors (Lipinski definition) is 0. The van der Waals surface area contributed by atoms with E-state index >= 15 is 0 Å². The lowest BCUT2D eigenvalue weighted by Crippen LogP contribution is -2.27. The second-order valence-electron chi connectivity index (χ2n) is 4.66. The van der Waals surface area contributed by atoms with Crippen LogP contribution in [0.2, 0.25) is 5.02 Å². The molecule has 1 fully saturated rings. The molecule has 0 radical (unpaired) electrons. The van der Waals surface area contributed by atoms with Crippen molar-refractivity contribution in [3.05, 3.63) is 28.8 Å². The third kappa shape index (κ3) is 3.07. The zero-order chi connectivity index (χ0) is 14.0. The van der Waals surface area contributed by atoms with Crippen LogP contribution in [-0.4, -0.2) is 29.9 Å². The number of carbonyl (C=O) groups excluding carboxylic acids is 2. The van der Waals surface area contributed by atoms with Crippen molar-refractivity contribution in [2.75, 3.05) is 13.1 Å². The Morgan fingerprint density at radius 2 is 2.26 bits per heavy atom. The highest BCUT2D eigenvalue weighted by Gasteiger charge is 2.34. The Bertz CT molecular complexity index is 515. The van der Waals surface area contributed by atoms with Gasteiger partial charge in [0.15, 0.2) is 0 Å². The fraction of sp³-hybridized carbons (Fsp3) is 0.429. The van der Waals surface area contributed by atoms with Crippen LogP contribution in [0.25, 0.3) is 0 Å². The summed E-state index contributed by atoms with van der Waals surface area (Å²) < 4.78 is 5.35. The number of aryl methyl sites for hydroxylation is 1. The lowest BCUT2D eigenvalue weighted by Gasteiger charge is -2.13. The predicted octanol–water partition coefficient (Wildman–Crippen LogP) is 2.42. The summed E-state index contributed by atoms with van der Waals surface area (Å²) in [7, 11) is 0. The molecule has 0 unspecified atom stereocenters. The number of halogens is 1. The standard InChI is InChI=1S/C14H16ClNO3/c1-3-16-8-10(7-13(16)17)14(18)19-12-5-4-11(15)6-9(12)2/h4-6,10H,3,7-8H2,1-2H3/t10-/m0/s1. The molecule has 1 amide bonds. The monoisotopic (exact) mass is 281 g/mol. The lowest BCUT2D eigenvalue weighted by atomic mass is 10.1. The molecule has 4 nitrogen and oxygen atoms in total. The van der Waals surface area contributed by atoms with E-state index in [0.717, 1.165) is 5.56 Å². The Balaban J connectivity index is 2.04. The highest BCUT2D eigenvalue weighted by molar-refractivity contribution is 6.30. The summed E-state index contributed by atoms with van der Waals surface area (Å²) in [6, 6.07) is 5.08. The van der Waals surface area contributed by atoms with Gasteiger partial charge >= 0.3 is 5.97 Å². The number of carbonyl (C=O) groups is 2. The van der Waals surface area contributed by atoms with Crippen LogP contribution >= 0.6 is 11.6 Å². The van der Waals surface area contributed by atoms with Gasteiger partial charge in [0.1, 0.15) is 5.75 Å². The van der Waals surface area contributed by atoms with Crippen molar-refractivity contribution in [2.45, 2.75) is 20.3 Å². The smallest absolute Gasteiger partial charge is 0.316 e. The molecule has 0 bridgehead atoms. The molecule has 1 saturated heterocycles. The zero-order valence-corrected chi connectivity index (χ0v) is 11.7. The Morgan fingerprint density at radius 1 is 1.53 bits per heavy atom. The summed E-state index contributed by atoms with van der Waals surface area (Å²) in [6.07, 6.45) is 0.235. The van der Waals surface area contributed by atoms with Gasteiger partial charge < -0.3 is 9.64 Å². The number of ether oxygens (including phenoxy) is 1. The number of hydrogen-bond acceptors (Lipinski definition) is 3. The van der Waals surface area contributed by atoms with Gasteiger partial charge in [-0.15, -0.1) is 0 Å². The first-order valence-corrected chi connectivity index (χ1v) is 6.64. The van der Waals surface area contributed by atoms with Crippen molar-refractivity contribution in [2.24, 2.45) is 5.92 Å². The minimum atomic E-state index is -0.373. The van der Waals surface area contributed by atoms with Crippen molar-refractivity contribution < 1.29 is 14.3 Å². The first kappa shape index (κ1) is 13.9. The average molecular weight is 282 g/mol. The van der Waals surface area contributed by atoms with Crippen molar-refractivity contribution >= 4 is 23.5 Å². The molecule has 1 atom stereocenters. The van der Waals surface area contributed by atoms with Gasteiger partial charge in [-0.25, -0.2) is 0 Å². The number of rotatable bonds is 3. The maximum atomic E-state index is 12.0. The van der Waals surface area contributed by atoms with Crippen molar-refractivity contribution in [1.82, 2.24) is 4.90 Å². The van der Waals surface area contributed by atoms with Gasteiger partial charge in [0.05, 0.1) is 5.92 Å². The number of nitrogens with zero attached hydrogens (tertiary/aromatic N) is 1. The fourth-order valence-electron chi connectivity index (χ4n) is 2.15. The molecule has 2 rings (SSSR count). The van der Waals surface area contributed by atoms with Crippen LogP contribution in [0.3, 0.4) is 0 Å². The van der Waals surface area contributed by atoms with Crippen LogP contribution in [0.5, 0.6) is 5.75 Å². The predicted molar refractivity (Wildman–Crippen MR) is 72.2 cm³/mol. The number of likely N-dealkylation sites (tertiary alicyclic amines) is 1. The molecule has 19 heavy (non-hydrogen) atoms. The van der Waals surface area contributed by atoms with Gasteiger partial charge in [-0.1, -0.05) is 11.6 Å². The SMILES string of the molecule is CCN1C[C@@H](C(=O)Oc2ccc(Cl)cc2C)CC1=O. The van der Waals surface area contributed by atoms with E-state index in [2.05, 4.69) is 0 Å². The highest BCUT2D eigenvalue weighted by Crippen LogP contribution is 2.25. The van der Waals surface area contributed by atoms with E-state index in [1.54, 1.807) is 23.1 Å². The molecule has 1 aromatic rings. The Kier molecular flexibility index (Phi) is 4.10. The summed E-state index contributed by atoms with van der Waals surface area (Å²) in [4.78, 5) is 25.3. The van der Waals surface area contributed by atoms with Crippen LogP contribution < -0.4 is 4.74 Å². The van der Waals surface area contributed by atoms with Crippen LogP contribution in [0.1, 0.15) is 18.9 Å². The Morgan fingerprint density at radius 3 is 2.84 bits per heavy atom. The molecule has 0 N–H and O–H groups in total. The van der Waals surface area contributed by atoms with Gasteiger partial charge in [-0.3, -0.25) is 9.59 Å². The summed E-state index contributed by atoms with van der Waals surface area (Å²) >= 11 is 5.85. The second-order valence-corrected chi connectivity index (χ2v) is 5.10. The minimum absolute atomic E-state index is 0.0114. The molecule has 0 spiro atoms. The van der Waals surface area contributed by atoms with E-state index < -0.39 is 0 Å². The van der Waals surface area contributed by atoms with Gasteiger partial charge in [-0.2, -0.15) is 0 Å². The third-order valence-electron chi connectivity index (χ3n) is 3.28. The maximum absolute atomic E-state index is 12.0. The van der Waals surface area contributed by atoms with Gasteiger partial charge in [0, 0.05) is 24.5 Å². The van der Waals surface area contributed by atoms with E-state index in [0.29, 0.717) is 23.9 Å². The Labute approximate surface area is 117 Å². The van der Waals surface area contributed by atoms with Crippen LogP contribution in [0, 0.1) is 12.8 Å². The summed E-state index contributed by atoms with van der Waals surface area (Å²) in [5.74, 6) is -0.216. The molecule has 0 saturated carbocycles. The first-order chi connectivity index (χ1) is 9.01. The van der Waals surface area contributed by atoms with E-state index in [-0.39, 0.29) is 24.2 Å². The summed E-state index contributed by atoms with van der Waals surface area (Å²) in [6.45, 7) is 4.80.